The van der Waals surface area contributed by atoms with Crippen molar-refractivity contribution in [2.45, 2.75) is 6.92 Å². The third-order valence-electron chi connectivity index (χ3n) is 2.96. The van der Waals surface area contributed by atoms with Gasteiger partial charge >= 0.3 is 10.2 Å². The zero-order chi connectivity index (χ0) is 15.8. The van der Waals surface area contributed by atoms with E-state index in [2.05, 4.69) is 0 Å². The summed E-state index contributed by atoms with van der Waals surface area (Å²) in [4.78, 5) is 10.4. The molecule has 0 aliphatic carbocycles. The number of phenols is 1. The predicted octanol–water partition coefficient (Wildman–Crippen LogP) is 2.10. The van der Waals surface area contributed by atoms with Crippen molar-refractivity contribution in [3.63, 3.8) is 0 Å². The molecule has 0 heterocycles. The molecule has 0 atom stereocenters. The molecule has 2 aromatic carbocycles. The molecular formula is C12H12FN3O4S. The third-order valence-corrected chi connectivity index (χ3v) is 4.15. The molecule has 0 saturated carbocycles. The van der Waals surface area contributed by atoms with Crippen LogP contribution in [0.2, 0.25) is 0 Å². The molecule has 0 radical (unpaired) electrons. The Morgan fingerprint density at radius 3 is 2.62 bits per heavy atom. The van der Waals surface area contributed by atoms with Gasteiger partial charge in [0, 0.05) is 17.6 Å². The van der Waals surface area contributed by atoms with Crippen molar-refractivity contribution < 1.29 is 17.9 Å². The summed E-state index contributed by atoms with van der Waals surface area (Å²) < 4.78 is 40.1. The van der Waals surface area contributed by atoms with E-state index in [1.165, 1.54) is 31.2 Å². The number of phenolic OH excluding ortho intramolecular Hbond substituents is 1. The van der Waals surface area contributed by atoms with E-state index in [1.807, 2.05) is 4.58 Å². The fraction of sp³-hybridized carbons (Fsp3) is 0.167. The average molecular weight is 313 g/mol. The van der Waals surface area contributed by atoms with E-state index >= 15 is 0 Å². The minimum atomic E-state index is -4.61. The normalized spacial score (nSPS) is 11.5. The van der Waals surface area contributed by atoms with Gasteiger partial charge in [-0.25, -0.2) is 8.70 Å². The van der Waals surface area contributed by atoms with Crippen LogP contribution in [0.3, 0.4) is 0 Å². The van der Waals surface area contributed by atoms with Crippen LogP contribution in [0.1, 0.15) is 6.92 Å². The van der Waals surface area contributed by atoms with Gasteiger partial charge in [-0.3, -0.25) is 0 Å². The molecule has 0 aliphatic heterocycles. The van der Waals surface area contributed by atoms with Crippen molar-refractivity contribution in [3.8, 4) is 5.75 Å². The number of rotatable bonds is 4. The van der Waals surface area contributed by atoms with Gasteiger partial charge in [0.15, 0.2) is 5.82 Å². The van der Waals surface area contributed by atoms with Crippen LogP contribution < -0.4 is 10.0 Å². The van der Waals surface area contributed by atoms with E-state index in [1.54, 1.807) is 0 Å². The quantitative estimate of drug-likeness (QED) is 0.663. The summed E-state index contributed by atoms with van der Waals surface area (Å²) in [7, 11) is -4.61. The third kappa shape index (κ3) is 2.47. The number of fused-ring (bicyclic) bond motifs is 1. The number of nitrogens with zero attached hydrogens (tertiary/aromatic N) is 2. The molecule has 0 saturated heterocycles. The van der Waals surface area contributed by atoms with Gasteiger partial charge in [0.1, 0.15) is 11.4 Å². The molecule has 0 fully saturated rings. The van der Waals surface area contributed by atoms with Gasteiger partial charge in [-0.1, -0.05) is 0 Å². The predicted molar refractivity (Wildman–Crippen MR) is 77.7 cm³/mol. The fourth-order valence-electron chi connectivity index (χ4n) is 2.07. The number of nitroso groups, excluding NO2 is 1. The van der Waals surface area contributed by atoms with E-state index in [0.717, 1.165) is 0 Å². The summed E-state index contributed by atoms with van der Waals surface area (Å²) >= 11 is 0. The Labute approximate surface area is 119 Å². The van der Waals surface area contributed by atoms with Gasteiger partial charge in [0.2, 0.25) is 0 Å². The SMILES string of the molecule is CCN(c1c(O)cc2cc(N)ccc2c1F)S(=O)(=O)N=O. The van der Waals surface area contributed by atoms with Gasteiger partial charge in [-0.15, -0.1) is 4.91 Å². The molecule has 2 aromatic rings. The number of hydrogen-bond donors (Lipinski definition) is 2. The lowest BCUT2D eigenvalue weighted by Crippen LogP contribution is -2.29. The Morgan fingerprint density at radius 2 is 2.05 bits per heavy atom. The molecule has 0 unspecified atom stereocenters. The van der Waals surface area contributed by atoms with Crippen LogP contribution in [-0.4, -0.2) is 20.1 Å². The number of aromatic hydroxyl groups is 1. The molecule has 7 nitrogen and oxygen atoms in total. The molecule has 9 heteroatoms. The van der Waals surface area contributed by atoms with Gasteiger partial charge in [0.05, 0.1) is 4.58 Å². The Morgan fingerprint density at radius 1 is 1.38 bits per heavy atom. The van der Waals surface area contributed by atoms with Crippen LogP contribution in [-0.2, 0) is 10.2 Å². The maximum absolute atomic E-state index is 14.5. The summed E-state index contributed by atoms with van der Waals surface area (Å²) in [6.45, 7) is 1.12. The molecule has 3 N–H and O–H groups in total. The fourth-order valence-corrected chi connectivity index (χ4v) is 2.88. The van der Waals surface area contributed by atoms with Gasteiger partial charge in [-0.2, -0.15) is 8.42 Å². The van der Waals surface area contributed by atoms with E-state index in [-0.39, 0.29) is 11.9 Å². The van der Waals surface area contributed by atoms with E-state index in [0.29, 0.717) is 15.4 Å². The van der Waals surface area contributed by atoms with E-state index in [4.69, 9.17) is 5.73 Å². The van der Waals surface area contributed by atoms with Crippen molar-refractivity contribution in [3.05, 3.63) is 35.0 Å². The summed E-state index contributed by atoms with van der Waals surface area (Å²) in [5, 5.41) is 10.3. The second-order valence-electron chi connectivity index (χ2n) is 4.26. The molecule has 0 aliphatic rings. The second kappa shape index (κ2) is 5.17. The highest BCUT2D eigenvalue weighted by molar-refractivity contribution is 7.91. The molecule has 0 aromatic heterocycles. The minimum Gasteiger partial charge on any atom is -0.506 e. The lowest BCUT2D eigenvalue weighted by atomic mass is 10.1. The molecular weight excluding hydrogens is 301 g/mol. The summed E-state index contributed by atoms with van der Waals surface area (Å²) in [6.07, 6.45) is 0. The zero-order valence-electron chi connectivity index (χ0n) is 10.9. The van der Waals surface area contributed by atoms with Gasteiger partial charge in [0.25, 0.3) is 0 Å². The molecule has 2 rings (SSSR count). The largest absolute Gasteiger partial charge is 0.506 e. The maximum Gasteiger partial charge on any atom is 0.379 e. The number of nitrogen functional groups attached to an aromatic ring is 1. The second-order valence-corrected chi connectivity index (χ2v) is 5.74. The van der Waals surface area contributed by atoms with Crippen molar-refractivity contribution in [1.29, 1.82) is 0 Å². The van der Waals surface area contributed by atoms with Gasteiger partial charge in [-0.05, 0) is 36.6 Å². The molecule has 21 heavy (non-hydrogen) atoms. The smallest absolute Gasteiger partial charge is 0.379 e. The average Bonchev–Trinajstić information content (AvgIpc) is 2.42. The molecule has 0 bridgehead atoms. The monoisotopic (exact) mass is 313 g/mol. The van der Waals surface area contributed by atoms with Crippen LogP contribution in [0.15, 0.2) is 28.8 Å². The first-order chi connectivity index (χ1) is 9.81. The number of nitrogens with two attached hydrogens (primary N) is 1. The summed E-state index contributed by atoms with van der Waals surface area (Å²) in [5.41, 5.74) is 5.32. The van der Waals surface area contributed by atoms with Crippen LogP contribution in [0, 0.1) is 10.7 Å². The van der Waals surface area contributed by atoms with Crippen molar-refractivity contribution in [1.82, 2.24) is 0 Å². The van der Waals surface area contributed by atoms with E-state index < -0.39 is 27.5 Å². The first-order valence-electron chi connectivity index (χ1n) is 5.89. The first kappa shape index (κ1) is 15.0. The standard InChI is InChI=1S/C12H12FN3O4S/c1-2-16(21(19,20)15-18)12-10(17)6-7-5-8(14)3-4-9(7)11(12)13/h3-6,17H,2,14H2,1H3. The number of hydrogen-bond acceptors (Lipinski definition) is 5. The summed E-state index contributed by atoms with van der Waals surface area (Å²) in [5.74, 6) is -1.60. The van der Waals surface area contributed by atoms with Crippen molar-refractivity contribution in [2.24, 2.45) is 4.58 Å². The highest BCUT2D eigenvalue weighted by atomic mass is 32.2. The Kier molecular flexibility index (Phi) is 3.69. The molecule has 112 valence electrons. The van der Waals surface area contributed by atoms with Crippen LogP contribution in [0.25, 0.3) is 10.8 Å². The number of halogens is 1. The molecule has 0 spiro atoms. The van der Waals surface area contributed by atoms with Gasteiger partial charge < -0.3 is 10.8 Å². The van der Waals surface area contributed by atoms with Crippen LogP contribution >= 0.6 is 0 Å². The van der Waals surface area contributed by atoms with E-state index in [9.17, 15) is 22.8 Å². The van der Waals surface area contributed by atoms with Crippen LogP contribution in [0.5, 0.6) is 5.75 Å². The molecule has 0 amide bonds. The Hall–Kier alpha value is -2.42. The minimum absolute atomic E-state index is 0.0662. The number of benzene rings is 2. The first-order valence-corrected chi connectivity index (χ1v) is 7.29. The van der Waals surface area contributed by atoms with Crippen LogP contribution in [0.4, 0.5) is 15.8 Å². The highest BCUT2D eigenvalue weighted by Crippen LogP contribution is 2.38. The lowest BCUT2D eigenvalue weighted by molar-refractivity contribution is 0.471. The summed E-state index contributed by atoms with van der Waals surface area (Å²) in [6, 6.07) is 5.41. The highest BCUT2D eigenvalue weighted by Gasteiger charge is 2.28. The maximum atomic E-state index is 14.5. The number of anilines is 2. The van der Waals surface area contributed by atoms with Crippen molar-refractivity contribution >= 4 is 32.4 Å². The Balaban J connectivity index is 2.81. The topological polar surface area (TPSA) is 113 Å². The zero-order valence-corrected chi connectivity index (χ0v) is 11.8. The lowest BCUT2D eigenvalue weighted by Gasteiger charge is -2.20. The Bertz CT molecular complexity index is 823. The van der Waals surface area contributed by atoms with Crippen molar-refractivity contribution in [2.75, 3.05) is 16.6 Å².